The van der Waals surface area contributed by atoms with Crippen LogP contribution in [-0.2, 0) is 0 Å². The molecule has 0 N–H and O–H groups in total. The Morgan fingerprint density at radius 2 is 2.29 bits per heavy atom. The third-order valence-corrected chi connectivity index (χ3v) is 6.36. The zero-order valence-corrected chi connectivity index (χ0v) is 14.3. The average molecular weight is 413 g/mol. The molecular weight excluding hydrogens is 406 g/mol. The molecule has 0 atom stereocenters. The molecule has 0 radical (unpaired) electrons. The first-order valence-electron chi connectivity index (χ1n) is 4.59. The van der Waals surface area contributed by atoms with Crippen molar-refractivity contribution in [2.45, 2.75) is 11.3 Å². The van der Waals surface area contributed by atoms with Crippen LogP contribution in [0.25, 0.3) is 0 Å². The molecule has 2 rings (SSSR count). The molecule has 0 aliphatic rings. The van der Waals surface area contributed by atoms with E-state index in [0.717, 1.165) is 23.2 Å². The maximum Gasteiger partial charge on any atom is 0.175 e. The van der Waals surface area contributed by atoms with Crippen LogP contribution in [0, 0.1) is 6.92 Å². The highest BCUT2D eigenvalue weighted by atomic mass is 79.9. The molecule has 0 aliphatic heterocycles. The summed E-state index contributed by atoms with van der Waals surface area (Å²) >= 11 is 11.3. The summed E-state index contributed by atoms with van der Waals surface area (Å²) in [5.41, 5.74) is 1.74. The predicted octanol–water partition coefficient (Wildman–Crippen LogP) is 5.01. The van der Waals surface area contributed by atoms with Gasteiger partial charge in [0.2, 0.25) is 0 Å². The summed E-state index contributed by atoms with van der Waals surface area (Å²) in [5, 5.41) is 1.99. The van der Waals surface area contributed by atoms with Gasteiger partial charge in [-0.2, -0.15) is 0 Å². The van der Waals surface area contributed by atoms with Gasteiger partial charge in [0.1, 0.15) is 0 Å². The van der Waals surface area contributed by atoms with E-state index in [-0.39, 0.29) is 5.78 Å². The fourth-order valence-electron chi connectivity index (χ4n) is 1.13. The van der Waals surface area contributed by atoms with Crippen molar-refractivity contribution in [3.63, 3.8) is 0 Å². The van der Waals surface area contributed by atoms with E-state index < -0.39 is 0 Å². The molecule has 0 fully saturated rings. The molecule has 0 saturated carbocycles. The Hall–Kier alpha value is 0.310. The number of thioether (sulfide) groups is 1. The molecule has 2 heterocycles. The second-order valence-corrected chi connectivity index (χ2v) is 9.03. The number of thiazole rings is 1. The number of thiophene rings is 1. The normalized spacial score (nSPS) is 10.8. The Labute approximate surface area is 128 Å². The third kappa shape index (κ3) is 3.64. The monoisotopic (exact) mass is 411 g/mol. The summed E-state index contributed by atoms with van der Waals surface area (Å²) in [4.78, 5) is 16.3. The molecule has 0 unspecified atom stereocenters. The van der Waals surface area contributed by atoms with E-state index >= 15 is 0 Å². The van der Waals surface area contributed by atoms with Gasteiger partial charge in [-0.3, -0.25) is 4.79 Å². The minimum atomic E-state index is 0.122. The van der Waals surface area contributed by atoms with Crippen LogP contribution in [0.1, 0.15) is 16.1 Å². The van der Waals surface area contributed by atoms with Crippen LogP contribution >= 0.6 is 66.3 Å². The maximum atomic E-state index is 12.0. The molecule has 2 aromatic rings. The quantitative estimate of drug-likeness (QED) is 0.522. The fraction of sp³-hybridized carbons (Fsp3) is 0.200. The lowest BCUT2D eigenvalue weighted by molar-refractivity contribution is 0.102. The first-order chi connectivity index (χ1) is 8.06. The van der Waals surface area contributed by atoms with Gasteiger partial charge in [-0.25, -0.2) is 4.98 Å². The van der Waals surface area contributed by atoms with Gasteiger partial charge >= 0.3 is 0 Å². The van der Waals surface area contributed by atoms with Crippen molar-refractivity contribution >= 4 is 72.1 Å². The van der Waals surface area contributed by atoms with Gasteiger partial charge in [-0.05, 0) is 44.8 Å². The number of halogens is 2. The van der Waals surface area contributed by atoms with E-state index in [9.17, 15) is 4.79 Å². The van der Waals surface area contributed by atoms with E-state index in [0.29, 0.717) is 5.75 Å². The summed E-state index contributed by atoms with van der Waals surface area (Å²) in [6, 6.07) is 1.85. The van der Waals surface area contributed by atoms with Crippen molar-refractivity contribution in [3.05, 3.63) is 30.3 Å². The zero-order valence-electron chi connectivity index (χ0n) is 8.70. The smallest absolute Gasteiger partial charge is 0.175 e. The van der Waals surface area contributed by atoms with Gasteiger partial charge < -0.3 is 0 Å². The van der Waals surface area contributed by atoms with E-state index in [1.807, 2.05) is 18.4 Å². The van der Waals surface area contributed by atoms with Crippen molar-refractivity contribution in [1.29, 1.82) is 0 Å². The second kappa shape index (κ2) is 5.97. The number of carbonyl (C=O) groups is 1. The molecule has 7 heteroatoms. The summed E-state index contributed by atoms with van der Waals surface area (Å²) < 4.78 is 2.79. The van der Waals surface area contributed by atoms with Crippen molar-refractivity contribution in [1.82, 2.24) is 4.98 Å². The largest absolute Gasteiger partial charge is 0.293 e. The molecule has 0 aromatic carbocycles. The Kier molecular flexibility index (Phi) is 4.82. The number of Topliss-reactive ketones (excluding diaryl/α,β-unsaturated/α-hetero) is 1. The van der Waals surface area contributed by atoms with Crippen LogP contribution in [0.2, 0.25) is 0 Å². The highest BCUT2D eigenvalue weighted by molar-refractivity contribution is 9.12. The van der Waals surface area contributed by atoms with Crippen LogP contribution in [-0.4, -0.2) is 16.5 Å². The number of hydrogen-bond donors (Lipinski definition) is 0. The van der Waals surface area contributed by atoms with Crippen molar-refractivity contribution in [3.8, 4) is 0 Å². The van der Waals surface area contributed by atoms with Gasteiger partial charge in [-0.15, -0.1) is 22.7 Å². The summed E-state index contributed by atoms with van der Waals surface area (Å²) in [7, 11) is 0. The van der Waals surface area contributed by atoms with E-state index in [4.69, 9.17) is 0 Å². The number of ketones is 1. The Morgan fingerprint density at radius 1 is 1.53 bits per heavy atom. The van der Waals surface area contributed by atoms with E-state index in [1.54, 1.807) is 11.3 Å². The summed E-state index contributed by atoms with van der Waals surface area (Å²) in [6.45, 7) is 1.95. The first kappa shape index (κ1) is 13.7. The van der Waals surface area contributed by atoms with Crippen molar-refractivity contribution in [2.24, 2.45) is 0 Å². The van der Waals surface area contributed by atoms with Crippen LogP contribution < -0.4 is 0 Å². The lowest BCUT2D eigenvalue weighted by Crippen LogP contribution is -2.01. The molecule has 0 spiro atoms. The highest BCUT2D eigenvalue weighted by Gasteiger charge is 2.14. The summed E-state index contributed by atoms with van der Waals surface area (Å²) in [5.74, 6) is 0.547. The Balaban J connectivity index is 2.00. The standard InChI is InChI=1S/C10H7Br2NOS3/c1-5-3-15-10(13-5)16-4-7(14)6-2-8(11)17-9(6)12/h2-3H,4H2,1H3. The number of aromatic nitrogens is 1. The Morgan fingerprint density at radius 3 is 2.82 bits per heavy atom. The van der Waals surface area contributed by atoms with Crippen molar-refractivity contribution < 1.29 is 4.79 Å². The highest BCUT2D eigenvalue weighted by Crippen LogP contribution is 2.33. The van der Waals surface area contributed by atoms with Gasteiger partial charge in [0.15, 0.2) is 10.1 Å². The molecule has 90 valence electrons. The van der Waals surface area contributed by atoms with Crippen LogP contribution in [0.5, 0.6) is 0 Å². The fourth-order valence-corrected chi connectivity index (χ4v) is 5.72. The van der Waals surface area contributed by atoms with Gasteiger partial charge in [0.25, 0.3) is 0 Å². The van der Waals surface area contributed by atoms with Crippen molar-refractivity contribution in [2.75, 3.05) is 5.75 Å². The molecule has 0 bridgehead atoms. The third-order valence-electron chi connectivity index (χ3n) is 1.88. The van der Waals surface area contributed by atoms with E-state index in [2.05, 4.69) is 36.8 Å². The zero-order chi connectivity index (χ0) is 12.4. The first-order valence-corrected chi connectivity index (χ1v) is 8.86. The van der Waals surface area contributed by atoms with Gasteiger partial charge in [0, 0.05) is 16.6 Å². The number of rotatable bonds is 4. The SMILES string of the molecule is Cc1csc(SCC(=O)c2cc(Br)sc2Br)n1. The number of hydrogen-bond acceptors (Lipinski definition) is 5. The van der Waals surface area contributed by atoms with Crippen LogP contribution in [0.15, 0.2) is 23.4 Å². The second-order valence-electron chi connectivity index (χ2n) is 3.20. The molecule has 2 aromatic heterocycles. The maximum absolute atomic E-state index is 12.0. The Bertz CT molecular complexity index is 549. The minimum absolute atomic E-state index is 0.122. The predicted molar refractivity (Wildman–Crippen MR) is 81.6 cm³/mol. The average Bonchev–Trinajstić information content (AvgIpc) is 2.81. The minimum Gasteiger partial charge on any atom is -0.293 e. The number of nitrogens with zero attached hydrogens (tertiary/aromatic N) is 1. The lowest BCUT2D eigenvalue weighted by atomic mass is 10.2. The molecule has 2 nitrogen and oxygen atoms in total. The molecule has 0 aliphatic carbocycles. The number of carbonyl (C=O) groups excluding carboxylic acids is 1. The van der Waals surface area contributed by atoms with Gasteiger partial charge in [-0.1, -0.05) is 11.8 Å². The van der Waals surface area contributed by atoms with Crippen LogP contribution in [0.4, 0.5) is 0 Å². The van der Waals surface area contributed by atoms with Crippen LogP contribution in [0.3, 0.4) is 0 Å². The number of aryl methyl sites for hydroxylation is 1. The molecule has 0 amide bonds. The topological polar surface area (TPSA) is 30.0 Å². The molecule has 0 saturated heterocycles. The molecule has 17 heavy (non-hydrogen) atoms. The summed E-state index contributed by atoms with van der Waals surface area (Å²) in [6.07, 6.45) is 0. The lowest BCUT2D eigenvalue weighted by Gasteiger charge is -1.96. The van der Waals surface area contributed by atoms with Gasteiger partial charge in [0.05, 0.1) is 13.3 Å². The van der Waals surface area contributed by atoms with E-state index in [1.165, 1.54) is 23.1 Å². The molecular formula is C10H7Br2NOS3.